The predicted molar refractivity (Wildman–Crippen MR) is 129 cm³/mol. The van der Waals surface area contributed by atoms with Gasteiger partial charge in [0, 0.05) is 5.56 Å². The van der Waals surface area contributed by atoms with E-state index in [-0.39, 0.29) is 5.82 Å². The Labute approximate surface area is 186 Å². The average molecular weight is 413 g/mol. The molecule has 3 nitrogen and oxygen atoms in total. The molecular formula is C27H30BO3. The molecule has 4 heteroatoms. The summed E-state index contributed by atoms with van der Waals surface area (Å²) in [4.78, 5) is 11.7. The maximum Gasteiger partial charge on any atom is 0.335 e. The van der Waals surface area contributed by atoms with E-state index in [0.29, 0.717) is 5.56 Å². The zero-order valence-corrected chi connectivity index (χ0v) is 19.0. The summed E-state index contributed by atoms with van der Waals surface area (Å²) >= 11 is 0. The SMILES string of the molecule is C/C=C(\CC)C1=C/C(=C/CC)c2cc(C)cc(C(C)[B]c3ccccc3C(=O)O)c2O1. The second kappa shape index (κ2) is 9.87. The molecule has 0 amide bonds. The van der Waals surface area contributed by atoms with E-state index in [4.69, 9.17) is 4.74 Å². The van der Waals surface area contributed by atoms with Gasteiger partial charge >= 0.3 is 5.97 Å². The molecule has 2 aromatic carbocycles. The van der Waals surface area contributed by atoms with Gasteiger partial charge in [0.1, 0.15) is 11.5 Å². The number of hydrogen-bond acceptors (Lipinski definition) is 2. The van der Waals surface area contributed by atoms with Gasteiger partial charge in [-0.15, -0.1) is 0 Å². The standard InChI is InChI=1S/C27H30BO3/c1-6-11-20-16-25(19(7-2)8-3)31-26-22(14-17(4)15-23(20)26)18(5)28-24-13-10-9-12-21(24)27(29)30/h7,9-16,18H,6,8H2,1-5H3,(H,29,30)/b19-7+,20-11-. The van der Waals surface area contributed by atoms with E-state index in [1.54, 1.807) is 12.1 Å². The lowest BCUT2D eigenvalue weighted by Gasteiger charge is -2.27. The number of carbonyl (C=O) groups is 1. The zero-order valence-electron chi connectivity index (χ0n) is 19.0. The number of aryl methyl sites for hydroxylation is 1. The molecule has 1 aliphatic rings. The van der Waals surface area contributed by atoms with Crippen LogP contribution in [0.2, 0.25) is 0 Å². The molecule has 1 atom stereocenters. The number of ether oxygens (including phenoxy) is 1. The van der Waals surface area contributed by atoms with Crippen molar-refractivity contribution in [3.05, 3.63) is 88.2 Å². The van der Waals surface area contributed by atoms with Crippen LogP contribution in [0, 0.1) is 6.92 Å². The molecule has 1 N–H and O–H groups in total. The average Bonchev–Trinajstić information content (AvgIpc) is 2.75. The molecule has 0 saturated heterocycles. The minimum atomic E-state index is -0.916. The lowest BCUT2D eigenvalue weighted by Crippen LogP contribution is -2.27. The summed E-state index contributed by atoms with van der Waals surface area (Å²) in [6, 6.07) is 11.4. The Kier molecular flexibility index (Phi) is 7.22. The smallest absolute Gasteiger partial charge is 0.335 e. The van der Waals surface area contributed by atoms with Gasteiger partial charge in [0.25, 0.3) is 0 Å². The van der Waals surface area contributed by atoms with Crippen molar-refractivity contribution >= 4 is 24.3 Å². The highest BCUT2D eigenvalue weighted by atomic mass is 16.5. The van der Waals surface area contributed by atoms with Crippen molar-refractivity contribution in [3.63, 3.8) is 0 Å². The molecule has 31 heavy (non-hydrogen) atoms. The third-order valence-corrected chi connectivity index (χ3v) is 5.65. The molecule has 159 valence electrons. The van der Waals surface area contributed by atoms with Crippen LogP contribution in [0.5, 0.6) is 5.75 Å². The topological polar surface area (TPSA) is 46.5 Å². The Morgan fingerprint density at radius 3 is 2.61 bits per heavy atom. The molecule has 1 aliphatic heterocycles. The number of carboxylic acid groups (broad SMARTS) is 1. The largest absolute Gasteiger partial charge is 0.478 e. The second-order valence-electron chi connectivity index (χ2n) is 7.92. The third-order valence-electron chi connectivity index (χ3n) is 5.65. The molecule has 3 rings (SSSR count). The molecule has 2 aromatic rings. The quantitative estimate of drug-likeness (QED) is 0.549. The first-order valence-electron chi connectivity index (χ1n) is 11.0. The highest BCUT2D eigenvalue weighted by Gasteiger charge is 2.25. The fourth-order valence-corrected chi connectivity index (χ4v) is 4.09. The van der Waals surface area contributed by atoms with Crippen LogP contribution in [0.15, 0.2) is 66.0 Å². The van der Waals surface area contributed by atoms with E-state index < -0.39 is 5.97 Å². The summed E-state index contributed by atoms with van der Waals surface area (Å²) in [5.41, 5.74) is 6.70. The molecule has 0 spiro atoms. The Balaban J connectivity index is 2.09. The van der Waals surface area contributed by atoms with Gasteiger partial charge in [-0.1, -0.05) is 62.7 Å². The lowest BCUT2D eigenvalue weighted by molar-refractivity contribution is 0.0698. The van der Waals surface area contributed by atoms with Gasteiger partial charge in [0.2, 0.25) is 0 Å². The van der Waals surface area contributed by atoms with E-state index in [1.165, 1.54) is 11.1 Å². The number of benzene rings is 2. The summed E-state index contributed by atoms with van der Waals surface area (Å²) in [5, 5.41) is 9.56. The first kappa shape index (κ1) is 22.7. The van der Waals surface area contributed by atoms with E-state index in [0.717, 1.165) is 46.5 Å². The molecule has 0 bridgehead atoms. The summed E-state index contributed by atoms with van der Waals surface area (Å²) in [6.45, 7) is 10.5. The van der Waals surface area contributed by atoms with Crippen molar-refractivity contribution in [3.8, 4) is 5.75 Å². The van der Waals surface area contributed by atoms with Gasteiger partial charge in [-0.05, 0) is 73.0 Å². The minimum absolute atomic E-state index is 0.0212. The molecule has 0 fully saturated rings. The maximum absolute atomic E-state index is 11.7. The summed E-state index contributed by atoms with van der Waals surface area (Å²) in [6.07, 6.45) is 8.31. The van der Waals surface area contributed by atoms with Gasteiger partial charge in [-0.2, -0.15) is 0 Å². The number of fused-ring (bicyclic) bond motifs is 1. The van der Waals surface area contributed by atoms with Crippen molar-refractivity contribution in [1.82, 2.24) is 0 Å². The highest BCUT2D eigenvalue weighted by Crippen LogP contribution is 2.42. The van der Waals surface area contributed by atoms with Crippen molar-refractivity contribution in [2.45, 2.75) is 53.3 Å². The number of rotatable bonds is 7. The van der Waals surface area contributed by atoms with Crippen LogP contribution in [0.1, 0.15) is 73.4 Å². The molecule has 0 saturated carbocycles. The Morgan fingerprint density at radius 2 is 1.97 bits per heavy atom. The summed E-state index contributed by atoms with van der Waals surface area (Å²) < 4.78 is 6.49. The normalized spacial score (nSPS) is 15.7. The maximum atomic E-state index is 11.7. The van der Waals surface area contributed by atoms with Gasteiger partial charge in [0.05, 0.1) is 5.56 Å². The van der Waals surface area contributed by atoms with Crippen LogP contribution in [0.3, 0.4) is 0 Å². The number of hydrogen-bond donors (Lipinski definition) is 1. The monoisotopic (exact) mass is 413 g/mol. The first-order valence-corrected chi connectivity index (χ1v) is 11.0. The van der Waals surface area contributed by atoms with Crippen LogP contribution in [-0.2, 0) is 0 Å². The van der Waals surface area contributed by atoms with Gasteiger partial charge < -0.3 is 9.84 Å². The molecule has 0 aromatic heterocycles. The second-order valence-corrected chi connectivity index (χ2v) is 7.92. The van der Waals surface area contributed by atoms with Crippen LogP contribution in [-0.4, -0.2) is 18.4 Å². The van der Waals surface area contributed by atoms with E-state index in [9.17, 15) is 9.90 Å². The Morgan fingerprint density at radius 1 is 1.23 bits per heavy atom. The summed E-state index contributed by atoms with van der Waals surface area (Å²) in [7, 11) is 2.01. The predicted octanol–water partition coefficient (Wildman–Crippen LogP) is 6.21. The third kappa shape index (κ3) is 4.85. The van der Waals surface area contributed by atoms with Gasteiger partial charge in [-0.3, -0.25) is 0 Å². The lowest BCUT2D eigenvalue weighted by atomic mass is 9.56. The van der Waals surface area contributed by atoms with E-state index in [2.05, 4.69) is 58.1 Å². The fraction of sp³-hybridized carbons (Fsp3) is 0.296. The van der Waals surface area contributed by atoms with Crippen molar-refractivity contribution < 1.29 is 14.6 Å². The van der Waals surface area contributed by atoms with E-state index in [1.807, 2.05) is 26.3 Å². The number of allylic oxidation sites excluding steroid dienone is 5. The van der Waals surface area contributed by atoms with Crippen molar-refractivity contribution in [1.29, 1.82) is 0 Å². The first-order chi connectivity index (χ1) is 14.9. The molecule has 1 heterocycles. The fourth-order valence-electron chi connectivity index (χ4n) is 4.09. The van der Waals surface area contributed by atoms with Crippen LogP contribution < -0.4 is 10.2 Å². The summed E-state index contributed by atoms with van der Waals surface area (Å²) in [5.74, 6) is 0.820. The molecular weight excluding hydrogens is 383 g/mol. The Bertz CT molecular complexity index is 1080. The highest BCUT2D eigenvalue weighted by molar-refractivity contribution is 6.56. The van der Waals surface area contributed by atoms with Crippen molar-refractivity contribution in [2.75, 3.05) is 0 Å². The minimum Gasteiger partial charge on any atom is -0.478 e. The number of aromatic carboxylic acids is 1. The Hall–Kier alpha value is -3.01. The molecule has 1 radical (unpaired) electrons. The van der Waals surface area contributed by atoms with E-state index >= 15 is 0 Å². The van der Waals surface area contributed by atoms with Crippen LogP contribution in [0.25, 0.3) is 5.57 Å². The number of carboxylic acids is 1. The van der Waals surface area contributed by atoms with Crippen LogP contribution in [0.4, 0.5) is 0 Å². The van der Waals surface area contributed by atoms with Gasteiger partial charge in [0.15, 0.2) is 7.28 Å². The zero-order chi connectivity index (χ0) is 22.5. The van der Waals surface area contributed by atoms with Gasteiger partial charge in [-0.25, -0.2) is 4.79 Å². The van der Waals surface area contributed by atoms with Crippen molar-refractivity contribution in [2.24, 2.45) is 0 Å². The van der Waals surface area contributed by atoms with Crippen LogP contribution >= 0.6 is 0 Å². The molecule has 1 unspecified atom stereocenters. The molecule has 0 aliphatic carbocycles.